The number of halogens is 1. The summed E-state index contributed by atoms with van der Waals surface area (Å²) in [6.07, 6.45) is 0.441. The summed E-state index contributed by atoms with van der Waals surface area (Å²) >= 11 is 0.591. The molecule has 0 spiro atoms. The first-order chi connectivity index (χ1) is 16.4. The zero-order chi connectivity index (χ0) is 24.1. The fourth-order valence-electron chi connectivity index (χ4n) is 3.49. The molecule has 3 aromatic carbocycles. The zero-order valence-electron chi connectivity index (χ0n) is 18.1. The van der Waals surface area contributed by atoms with E-state index in [0.717, 1.165) is 30.7 Å². The van der Waals surface area contributed by atoms with Gasteiger partial charge in [-0.1, -0.05) is 60.7 Å². The maximum Gasteiger partial charge on any atom is 0.268 e. The highest BCUT2D eigenvalue weighted by Gasteiger charge is 2.28. The molecule has 0 aliphatic heterocycles. The smallest absolute Gasteiger partial charge is 0.268 e. The highest BCUT2D eigenvalue weighted by molar-refractivity contribution is 14.1. The molecule has 0 radical (unpaired) electrons. The van der Waals surface area contributed by atoms with Gasteiger partial charge in [-0.25, -0.2) is 8.51 Å². The van der Waals surface area contributed by atoms with Gasteiger partial charge < -0.3 is 5.32 Å². The first kappa shape index (κ1) is 24.5. The lowest BCUT2D eigenvalue weighted by Gasteiger charge is -2.22. The molecule has 7 nitrogen and oxygen atoms in total. The van der Waals surface area contributed by atoms with E-state index in [1.54, 1.807) is 18.2 Å². The number of hydrogen-bond donors (Lipinski definition) is 2. The van der Waals surface area contributed by atoms with Crippen molar-refractivity contribution in [2.45, 2.75) is 19.4 Å². The van der Waals surface area contributed by atoms with Crippen molar-refractivity contribution in [1.82, 2.24) is 14.1 Å². The molecule has 1 amide bonds. The monoisotopic (exact) mass is 604 g/mol. The molecule has 0 saturated carbocycles. The second-order valence-corrected chi connectivity index (χ2v) is 10.1. The Morgan fingerprint density at radius 3 is 2.44 bits per heavy atom. The van der Waals surface area contributed by atoms with E-state index >= 15 is 0 Å². The number of carbonyl (C=O) groups excluding carboxylic acids is 1. The SMILES string of the molecule is CC(NC(=O)c1ccc(I)cc1N(c1nsnc1Cc1ccccc1)S(=O)O)c1ccccc1. The van der Waals surface area contributed by atoms with Gasteiger partial charge in [0.25, 0.3) is 17.2 Å². The van der Waals surface area contributed by atoms with E-state index in [-0.39, 0.29) is 29.0 Å². The molecule has 0 saturated heterocycles. The molecular formula is C24H21IN4O3S2. The zero-order valence-corrected chi connectivity index (χ0v) is 21.9. The molecular weight excluding hydrogens is 583 g/mol. The number of anilines is 2. The van der Waals surface area contributed by atoms with E-state index in [4.69, 9.17) is 0 Å². The topological polar surface area (TPSA) is 95.4 Å². The molecule has 2 N–H and O–H groups in total. The van der Waals surface area contributed by atoms with Crippen molar-refractivity contribution in [3.8, 4) is 0 Å². The summed E-state index contributed by atoms with van der Waals surface area (Å²) in [7, 11) is 0. The van der Waals surface area contributed by atoms with Crippen molar-refractivity contribution in [2.75, 3.05) is 4.31 Å². The lowest BCUT2D eigenvalue weighted by atomic mass is 10.1. The third-order valence-electron chi connectivity index (χ3n) is 5.17. The average Bonchev–Trinajstić information content (AvgIpc) is 3.27. The van der Waals surface area contributed by atoms with E-state index in [1.807, 2.05) is 67.6 Å². The summed E-state index contributed by atoms with van der Waals surface area (Å²) in [5.74, 6) is -0.104. The number of rotatable bonds is 8. The van der Waals surface area contributed by atoms with Crippen LogP contribution < -0.4 is 9.62 Å². The number of hydrogen-bond acceptors (Lipinski definition) is 5. The third-order valence-corrected chi connectivity index (χ3v) is 7.08. The maximum absolute atomic E-state index is 13.3. The summed E-state index contributed by atoms with van der Waals surface area (Å²) in [6.45, 7) is 1.89. The van der Waals surface area contributed by atoms with Crippen molar-refractivity contribution < 1.29 is 13.6 Å². The first-order valence-corrected chi connectivity index (χ1v) is 13.2. The van der Waals surface area contributed by atoms with Crippen LogP contribution in [0, 0.1) is 3.57 Å². The van der Waals surface area contributed by atoms with E-state index in [1.165, 1.54) is 0 Å². The Morgan fingerprint density at radius 2 is 1.76 bits per heavy atom. The number of nitrogens with zero attached hydrogens (tertiary/aromatic N) is 3. The van der Waals surface area contributed by atoms with Gasteiger partial charge in [-0.2, -0.15) is 8.75 Å². The molecule has 1 heterocycles. The molecule has 0 aliphatic rings. The second kappa shape index (κ2) is 11.2. The van der Waals surface area contributed by atoms with E-state index in [2.05, 4.69) is 36.7 Å². The number of nitrogens with one attached hydrogen (secondary N) is 1. The summed E-state index contributed by atoms with van der Waals surface area (Å²) in [6, 6.07) is 24.2. The van der Waals surface area contributed by atoms with E-state index < -0.39 is 11.3 Å². The Morgan fingerprint density at radius 1 is 1.09 bits per heavy atom. The predicted molar refractivity (Wildman–Crippen MR) is 144 cm³/mol. The summed E-state index contributed by atoms with van der Waals surface area (Å²) < 4.78 is 33.5. The minimum atomic E-state index is -2.48. The Kier molecular flexibility index (Phi) is 8.03. The van der Waals surface area contributed by atoms with Crippen molar-refractivity contribution in [3.63, 3.8) is 0 Å². The van der Waals surface area contributed by atoms with Gasteiger partial charge in [0.1, 0.15) is 5.69 Å². The Bertz CT molecular complexity index is 1300. The average molecular weight is 604 g/mol. The molecule has 0 aliphatic carbocycles. The van der Waals surface area contributed by atoms with Crippen LogP contribution in [0.25, 0.3) is 0 Å². The number of aromatic nitrogens is 2. The largest absolute Gasteiger partial charge is 0.345 e. The molecule has 4 rings (SSSR count). The van der Waals surface area contributed by atoms with Crippen LogP contribution in [-0.2, 0) is 17.7 Å². The van der Waals surface area contributed by atoms with Crippen LogP contribution in [0.1, 0.15) is 40.1 Å². The van der Waals surface area contributed by atoms with Crippen molar-refractivity contribution in [3.05, 3.63) is 105 Å². The number of amides is 1. The minimum Gasteiger partial charge on any atom is -0.345 e. The molecule has 0 bridgehead atoms. The highest BCUT2D eigenvalue weighted by atomic mass is 127. The number of carbonyl (C=O) groups is 1. The van der Waals surface area contributed by atoms with Crippen LogP contribution in [0.4, 0.5) is 11.5 Å². The van der Waals surface area contributed by atoms with Crippen molar-refractivity contribution in [2.24, 2.45) is 0 Å². The molecule has 0 fully saturated rings. The van der Waals surface area contributed by atoms with Crippen molar-refractivity contribution >= 4 is 63.0 Å². The molecule has 34 heavy (non-hydrogen) atoms. The van der Waals surface area contributed by atoms with Crippen LogP contribution in [0.2, 0.25) is 0 Å². The molecule has 2 atom stereocenters. The molecule has 2 unspecified atom stereocenters. The van der Waals surface area contributed by atoms with E-state index in [9.17, 15) is 13.6 Å². The predicted octanol–water partition coefficient (Wildman–Crippen LogP) is 5.50. The van der Waals surface area contributed by atoms with Gasteiger partial charge in [0.2, 0.25) is 0 Å². The summed E-state index contributed by atoms with van der Waals surface area (Å²) in [5, 5.41) is 2.98. The molecule has 10 heteroatoms. The lowest BCUT2D eigenvalue weighted by Crippen LogP contribution is -2.30. The maximum atomic E-state index is 13.3. The first-order valence-electron chi connectivity index (χ1n) is 10.4. The van der Waals surface area contributed by atoms with Gasteiger partial charge in [0.05, 0.1) is 29.0 Å². The lowest BCUT2D eigenvalue weighted by molar-refractivity contribution is 0.0940. The van der Waals surface area contributed by atoms with Crippen molar-refractivity contribution in [1.29, 1.82) is 0 Å². The second-order valence-electron chi connectivity index (χ2n) is 7.49. The van der Waals surface area contributed by atoms with Gasteiger partial charge in [0, 0.05) is 9.99 Å². The van der Waals surface area contributed by atoms with Crippen LogP contribution in [0.3, 0.4) is 0 Å². The number of benzene rings is 3. The van der Waals surface area contributed by atoms with Crippen LogP contribution in [0.15, 0.2) is 78.9 Å². The quantitative estimate of drug-likeness (QED) is 0.205. The van der Waals surface area contributed by atoms with Gasteiger partial charge >= 0.3 is 0 Å². The highest BCUT2D eigenvalue weighted by Crippen LogP contribution is 2.34. The Labute approximate surface area is 218 Å². The Hall–Kier alpha value is -2.67. The van der Waals surface area contributed by atoms with Crippen LogP contribution >= 0.6 is 34.3 Å². The summed E-state index contributed by atoms with van der Waals surface area (Å²) in [4.78, 5) is 13.3. The van der Waals surface area contributed by atoms with Gasteiger partial charge in [-0.3, -0.25) is 9.35 Å². The normalized spacial score (nSPS) is 12.7. The van der Waals surface area contributed by atoms with E-state index in [0.29, 0.717) is 12.1 Å². The minimum absolute atomic E-state index is 0.247. The van der Waals surface area contributed by atoms with Gasteiger partial charge in [-0.05, 0) is 58.8 Å². The van der Waals surface area contributed by atoms with Gasteiger partial charge in [-0.15, -0.1) is 0 Å². The summed E-state index contributed by atoms with van der Waals surface area (Å²) in [5.41, 5.74) is 3.06. The van der Waals surface area contributed by atoms with Crippen LogP contribution in [-0.4, -0.2) is 23.4 Å². The molecule has 174 valence electrons. The Balaban J connectivity index is 1.70. The fourth-order valence-corrected chi connectivity index (χ4v) is 5.18. The van der Waals surface area contributed by atoms with Crippen LogP contribution in [0.5, 0.6) is 0 Å². The fraction of sp³-hybridized carbons (Fsp3) is 0.125. The molecule has 4 aromatic rings. The standard InChI is InChI=1S/C24H21IN4O3S2/c1-16(18-10-6-3-7-11-18)26-24(30)20-13-12-19(25)15-22(20)29(34(31)32)23-21(27-33-28-23)14-17-8-4-2-5-9-17/h2-13,15-16H,14H2,1H3,(H,26,30)(H,31,32). The third kappa shape index (κ3) is 5.69. The molecule has 1 aromatic heterocycles. The van der Waals surface area contributed by atoms with Gasteiger partial charge in [0.15, 0.2) is 5.82 Å².